The topological polar surface area (TPSA) is 60.3 Å². The van der Waals surface area contributed by atoms with Crippen LogP contribution in [0.4, 0.5) is 5.69 Å². The maximum absolute atomic E-state index is 12.3. The molecule has 1 fully saturated rings. The quantitative estimate of drug-likeness (QED) is 0.784. The zero-order valence-electron chi connectivity index (χ0n) is 13.6. The van der Waals surface area contributed by atoms with Crippen molar-refractivity contribution in [2.24, 2.45) is 0 Å². The molecular weight excluding hydrogens is 372 g/mol. The van der Waals surface area contributed by atoms with Crippen molar-refractivity contribution in [3.8, 4) is 0 Å². The number of rotatable bonds is 5. The third-order valence-corrected chi connectivity index (χ3v) is 4.55. The van der Waals surface area contributed by atoms with Crippen LogP contribution in [0.2, 0.25) is 0 Å². The van der Waals surface area contributed by atoms with E-state index in [1.807, 2.05) is 32.0 Å². The molecule has 5 nitrogen and oxygen atoms in total. The molecule has 1 aromatic carbocycles. The van der Waals surface area contributed by atoms with Gasteiger partial charge in [0.25, 0.3) is 5.91 Å². The van der Waals surface area contributed by atoms with E-state index < -0.39 is 5.97 Å². The minimum Gasteiger partial charge on any atom is -0.452 e. The molecule has 0 saturated heterocycles. The fourth-order valence-electron chi connectivity index (χ4n) is 2.85. The molecule has 0 bridgehead atoms. The van der Waals surface area contributed by atoms with Crippen LogP contribution < -0.4 is 5.32 Å². The summed E-state index contributed by atoms with van der Waals surface area (Å²) in [5, 5.41) is 2.70. The van der Waals surface area contributed by atoms with Gasteiger partial charge in [-0.05, 0) is 51.0 Å². The number of hydrogen-bond acceptors (Lipinski definition) is 3. The fraction of sp³-hybridized carbons (Fsp3) is 0.333. The largest absolute Gasteiger partial charge is 0.452 e. The Morgan fingerprint density at radius 1 is 1.29 bits per heavy atom. The lowest BCUT2D eigenvalue weighted by atomic mass is 10.2. The van der Waals surface area contributed by atoms with E-state index in [0.717, 1.165) is 28.7 Å². The van der Waals surface area contributed by atoms with Crippen LogP contribution in [-0.4, -0.2) is 23.1 Å². The number of anilines is 1. The van der Waals surface area contributed by atoms with Crippen molar-refractivity contribution in [3.63, 3.8) is 0 Å². The number of halogens is 1. The Morgan fingerprint density at radius 2 is 2.04 bits per heavy atom. The first kappa shape index (κ1) is 16.8. The number of aromatic nitrogens is 1. The Kier molecular flexibility index (Phi) is 4.76. The van der Waals surface area contributed by atoms with Crippen LogP contribution in [0.3, 0.4) is 0 Å². The molecule has 1 amide bonds. The summed E-state index contributed by atoms with van der Waals surface area (Å²) < 4.78 is 8.21. The molecule has 0 aliphatic heterocycles. The molecule has 1 saturated carbocycles. The van der Waals surface area contributed by atoms with E-state index >= 15 is 0 Å². The number of carbonyl (C=O) groups is 2. The summed E-state index contributed by atoms with van der Waals surface area (Å²) in [5.41, 5.74) is 3.15. The van der Waals surface area contributed by atoms with Crippen LogP contribution in [0.15, 0.2) is 34.8 Å². The predicted octanol–water partition coefficient (Wildman–Crippen LogP) is 4.00. The maximum Gasteiger partial charge on any atom is 0.340 e. The zero-order chi connectivity index (χ0) is 17.3. The molecule has 1 aromatic heterocycles. The van der Waals surface area contributed by atoms with Gasteiger partial charge in [-0.3, -0.25) is 4.79 Å². The first-order valence-electron chi connectivity index (χ1n) is 7.86. The molecule has 0 unspecified atom stereocenters. The lowest BCUT2D eigenvalue weighted by molar-refractivity contribution is -0.119. The second kappa shape index (κ2) is 6.81. The summed E-state index contributed by atoms with van der Waals surface area (Å²) in [6.07, 6.45) is 2.31. The van der Waals surface area contributed by atoms with E-state index in [0.29, 0.717) is 17.3 Å². The second-order valence-electron chi connectivity index (χ2n) is 6.02. The SMILES string of the molecule is Cc1cc(C(=O)OCC(=O)Nc2cccc(Br)c2)c(C)n1C1CC1. The molecule has 1 heterocycles. The predicted molar refractivity (Wildman–Crippen MR) is 95.2 cm³/mol. The number of amides is 1. The first-order chi connectivity index (χ1) is 11.5. The average Bonchev–Trinajstić information content (AvgIpc) is 3.30. The fourth-order valence-corrected chi connectivity index (χ4v) is 3.25. The summed E-state index contributed by atoms with van der Waals surface area (Å²) in [6, 6.07) is 9.58. The summed E-state index contributed by atoms with van der Waals surface area (Å²) in [4.78, 5) is 24.2. The van der Waals surface area contributed by atoms with Crippen molar-refractivity contribution >= 4 is 33.5 Å². The van der Waals surface area contributed by atoms with Gasteiger partial charge in [-0.1, -0.05) is 22.0 Å². The van der Waals surface area contributed by atoms with Gasteiger partial charge in [0.1, 0.15) is 0 Å². The third kappa shape index (κ3) is 3.70. The van der Waals surface area contributed by atoms with Crippen molar-refractivity contribution in [1.29, 1.82) is 0 Å². The monoisotopic (exact) mass is 390 g/mol. The normalized spacial score (nSPS) is 13.6. The Labute approximate surface area is 149 Å². The molecular formula is C18H19BrN2O3. The van der Waals surface area contributed by atoms with E-state index in [-0.39, 0.29) is 12.5 Å². The average molecular weight is 391 g/mol. The number of hydrogen-bond donors (Lipinski definition) is 1. The summed E-state index contributed by atoms with van der Waals surface area (Å²) >= 11 is 3.34. The van der Waals surface area contributed by atoms with Gasteiger partial charge >= 0.3 is 5.97 Å². The molecule has 0 spiro atoms. The van der Waals surface area contributed by atoms with E-state index in [1.54, 1.807) is 12.1 Å². The van der Waals surface area contributed by atoms with Crippen molar-refractivity contribution in [3.05, 3.63) is 51.8 Å². The number of ether oxygens (including phenoxy) is 1. The van der Waals surface area contributed by atoms with E-state index in [1.165, 1.54) is 0 Å². The zero-order valence-corrected chi connectivity index (χ0v) is 15.2. The second-order valence-corrected chi connectivity index (χ2v) is 6.94. The lowest BCUT2D eigenvalue weighted by Crippen LogP contribution is -2.21. The van der Waals surface area contributed by atoms with Crippen molar-refractivity contribution < 1.29 is 14.3 Å². The van der Waals surface area contributed by atoms with Gasteiger partial charge in [0.15, 0.2) is 6.61 Å². The van der Waals surface area contributed by atoms with Crippen LogP contribution in [-0.2, 0) is 9.53 Å². The summed E-state index contributed by atoms with van der Waals surface area (Å²) in [5.74, 6) is -0.822. The highest BCUT2D eigenvalue weighted by Gasteiger charge is 2.28. The maximum atomic E-state index is 12.3. The number of esters is 1. The summed E-state index contributed by atoms with van der Waals surface area (Å²) in [7, 11) is 0. The molecule has 24 heavy (non-hydrogen) atoms. The third-order valence-electron chi connectivity index (χ3n) is 4.06. The smallest absolute Gasteiger partial charge is 0.340 e. The van der Waals surface area contributed by atoms with Crippen molar-refractivity contribution in [1.82, 2.24) is 4.57 Å². The highest BCUT2D eigenvalue weighted by Crippen LogP contribution is 2.38. The number of carbonyl (C=O) groups excluding carboxylic acids is 2. The Morgan fingerprint density at radius 3 is 2.71 bits per heavy atom. The van der Waals surface area contributed by atoms with Gasteiger partial charge in [-0.2, -0.15) is 0 Å². The number of nitrogens with one attached hydrogen (secondary N) is 1. The van der Waals surface area contributed by atoms with Gasteiger partial charge < -0.3 is 14.6 Å². The van der Waals surface area contributed by atoms with Crippen LogP contribution in [0, 0.1) is 13.8 Å². The van der Waals surface area contributed by atoms with Crippen LogP contribution in [0.1, 0.15) is 40.6 Å². The van der Waals surface area contributed by atoms with Crippen molar-refractivity contribution in [2.75, 3.05) is 11.9 Å². The summed E-state index contributed by atoms with van der Waals surface area (Å²) in [6.45, 7) is 3.60. The highest BCUT2D eigenvalue weighted by molar-refractivity contribution is 9.10. The number of nitrogens with zero attached hydrogens (tertiary/aromatic N) is 1. The minimum absolute atomic E-state index is 0.307. The van der Waals surface area contributed by atoms with Crippen LogP contribution in [0.25, 0.3) is 0 Å². The van der Waals surface area contributed by atoms with Gasteiger partial charge in [0.05, 0.1) is 5.56 Å². The van der Waals surface area contributed by atoms with Gasteiger partial charge in [0, 0.05) is 27.6 Å². The molecule has 3 rings (SSSR count). The Bertz CT molecular complexity index is 794. The Hall–Kier alpha value is -2.08. The number of benzene rings is 1. The Balaban J connectivity index is 1.59. The van der Waals surface area contributed by atoms with Crippen LogP contribution >= 0.6 is 15.9 Å². The molecule has 1 aliphatic carbocycles. The highest BCUT2D eigenvalue weighted by atomic mass is 79.9. The minimum atomic E-state index is -0.459. The molecule has 2 aromatic rings. The van der Waals surface area contributed by atoms with Gasteiger partial charge in [-0.15, -0.1) is 0 Å². The molecule has 0 radical (unpaired) electrons. The van der Waals surface area contributed by atoms with Crippen LogP contribution in [0.5, 0.6) is 0 Å². The molecule has 6 heteroatoms. The first-order valence-corrected chi connectivity index (χ1v) is 8.66. The van der Waals surface area contributed by atoms with E-state index in [2.05, 4.69) is 25.8 Å². The standard InChI is InChI=1S/C18H19BrN2O3/c1-11-8-16(12(2)21(11)15-6-7-15)18(23)24-10-17(22)20-14-5-3-4-13(19)9-14/h3-5,8-9,15H,6-7,10H2,1-2H3,(H,20,22). The molecule has 126 valence electrons. The number of aryl methyl sites for hydroxylation is 1. The van der Waals surface area contributed by atoms with E-state index in [9.17, 15) is 9.59 Å². The van der Waals surface area contributed by atoms with Crippen molar-refractivity contribution in [2.45, 2.75) is 32.7 Å². The molecule has 0 atom stereocenters. The van der Waals surface area contributed by atoms with E-state index in [4.69, 9.17) is 4.74 Å². The molecule has 1 aliphatic rings. The lowest BCUT2D eigenvalue weighted by Gasteiger charge is -2.08. The van der Waals surface area contributed by atoms with Gasteiger partial charge in [0.2, 0.25) is 0 Å². The van der Waals surface area contributed by atoms with Gasteiger partial charge in [-0.25, -0.2) is 4.79 Å². The molecule has 1 N–H and O–H groups in total.